The molecule has 0 bridgehead atoms. The van der Waals surface area contributed by atoms with Crippen molar-refractivity contribution in [2.24, 2.45) is 0 Å². The molecule has 0 amide bonds. The molecule has 1 aromatic carbocycles. The Morgan fingerprint density at radius 1 is 1.25 bits per heavy atom. The van der Waals surface area contributed by atoms with Gasteiger partial charge in [-0.2, -0.15) is 0 Å². The molecule has 16 heavy (non-hydrogen) atoms. The number of aliphatic carboxylic acids is 1. The Kier molecular flexibility index (Phi) is 3.13. The van der Waals surface area contributed by atoms with Crippen molar-refractivity contribution in [3.05, 3.63) is 28.8 Å². The van der Waals surface area contributed by atoms with Crippen molar-refractivity contribution >= 4 is 11.7 Å². The molecule has 3 heteroatoms. The van der Waals surface area contributed by atoms with E-state index in [0.29, 0.717) is 6.42 Å². The van der Waals surface area contributed by atoms with E-state index in [1.165, 1.54) is 29.5 Å². The molecule has 0 heterocycles. The van der Waals surface area contributed by atoms with Crippen molar-refractivity contribution in [1.82, 2.24) is 0 Å². The van der Waals surface area contributed by atoms with E-state index in [1.807, 2.05) is 12.1 Å². The number of nitrogen functional groups attached to an aromatic ring is 1. The predicted octanol–water partition coefficient (Wildman–Crippen LogP) is 2.16. The molecule has 0 saturated carbocycles. The Labute approximate surface area is 95.3 Å². The Bertz CT molecular complexity index is 413. The minimum atomic E-state index is -0.735. The predicted molar refractivity (Wildman–Crippen MR) is 63.5 cm³/mol. The van der Waals surface area contributed by atoms with Gasteiger partial charge in [0.05, 0.1) is 0 Å². The first-order valence-corrected chi connectivity index (χ1v) is 5.79. The van der Waals surface area contributed by atoms with Crippen LogP contribution in [0.3, 0.4) is 0 Å². The summed E-state index contributed by atoms with van der Waals surface area (Å²) < 4.78 is 0. The molecule has 0 aromatic heterocycles. The van der Waals surface area contributed by atoms with Crippen molar-refractivity contribution in [2.75, 3.05) is 5.73 Å². The molecule has 2 rings (SSSR count). The molecule has 1 aromatic rings. The molecule has 1 aliphatic carbocycles. The van der Waals surface area contributed by atoms with Crippen LogP contribution in [0, 0.1) is 0 Å². The SMILES string of the molecule is Nc1ccc(CCC(=O)O)c2c1CCCC2. The van der Waals surface area contributed by atoms with E-state index in [2.05, 4.69) is 0 Å². The third-order valence-corrected chi connectivity index (χ3v) is 3.28. The fraction of sp³-hybridized carbons (Fsp3) is 0.462. The Morgan fingerprint density at radius 2 is 1.94 bits per heavy atom. The van der Waals surface area contributed by atoms with Crippen molar-refractivity contribution in [3.63, 3.8) is 0 Å². The lowest BCUT2D eigenvalue weighted by molar-refractivity contribution is -0.136. The molecule has 0 aliphatic heterocycles. The normalized spacial score (nSPS) is 14.5. The maximum absolute atomic E-state index is 10.6. The number of carboxylic acid groups (broad SMARTS) is 1. The van der Waals surface area contributed by atoms with Gasteiger partial charge in [-0.25, -0.2) is 0 Å². The van der Waals surface area contributed by atoms with E-state index < -0.39 is 5.97 Å². The van der Waals surface area contributed by atoms with Gasteiger partial charge in [-0.05, 0) is 54.9 Å². The van der Waals surface area contributed by atoms with E-state index in [0.717, 1.165) is 18.5 Å². The van der Waals surface area contributed by atoms with Crippen LogP contribution in [0.25, 0.3) is 0 Å². The largest absolute Gasteiger partial charge is 0.481 e. The van der Waals surface area contributed by atoms with Gasteiger partial charge >= 0.3 is 5.97 Å². The molecule has 0 spiro atoms. The van der Waals surface area contributed by atoms with Gasteiger partial charge in [0.25, 0.3) is 0 Å². The minimum absolute atomic E-state index is 0.205. The van der Waals surface area contributed by atoms with Crippen LogP contribution in [-0.4, -0.2) is 11.1 Å². The third-order valence-electron chi connectivity index (χ3n) is 3.28. The summed E-state index contributed by atoms with van der Waals surface area (Å²) in [6, 6.07) is 3.91. The van der Waals surface area contributed by atoms with Gasteiger partial charge in [-0.3, -0.25) is 4.79 Å². The van der Waals surface area contributed by atoms with Crippen LogP contribution >= 0.6 is 0 Å². The second-order valence-corrected chi connectivity index (χ2v) is 4.37. The zero-order chi connectivity index (χ0) is 11.5. The standard InChI is InChI=1S/C13H17NO2/c14-12-7-5-9(6-8-13(15)16)10-3-1-2-4-11(10)12/h5,7H,1-4,6,8,14H2,(H,15,16). The maximum Gasteiger partial charge on any atom is 0.303 e. The van der Waals surface area contributed by atoms with Crippen LogP contribution in [0.2, 0.25) is 0 Å². The van der Waals surface area contributed by atoms with Crippen molar-refractivity contribution in [3.8, 4) is 0 Å². The van der Waals surface area contributed by atoms with Gasteiger partial charge in [0.15, 0.2) is 0 Å². The Morgan fingerprint density at radius 3 is 2.62 bits per heavy atom. The van der Waals surface area contributed by atoms with Gasteiger partial charge in [0.2, 0.25) is 0 Å². The van der Waals surface area contributed by atoms with E-state index in [4.69, 9.17) is 10.8 Å². The highest BCUT2D eigenvalue weighted by molar-refractivity contribution is 5.67. The Balaban J connectivity index is 2.28. The Hall–Kier alpha value is -1.51. The molecule has 0 fully saturated rings. The number of hydrogen-bond acceptors (Lipinski definition) is 2. The summed E-state index contributed by atoms with van der Waals surface area (Å²) in [5.41, 5.74) is 10.6. The summed E-state index contributed by atoms with van der Waals surface area (Å²) in [6.07, 6.45) is 5.31. The van der Waals surface area contributed by atoms with Gasteiger partial charge in [-0.1, -0.05) is 6.07 Å². The molecule has 3 N–H and O–H groups in total. The highest BCUT2D eigenvalue weighted by Gasteiger charge is 2.15. The van der Waals surface area contributed by atoms with Gasteiger partial charge in [0, 0.05) is 12.1 Å². The van der Waals surface area contributed by atoms with Gasteiger partial charge in [0.1, 0.15) is 0 Å². The number of nitrogens with two attached hydrogens (primary N) is 1. The van der Waals surface area contributed by atoms with Crippen LogP contribution in [-0.2, 0) is 24.1 Å². The monoisotopic (exact) mass is 219 g/mol. The third kappa shape index (κ3) is 2.18. The van der Waals surface area contributed by atoms with E-state index in [1.54, 1.807) is 0 Å². The minimum Gasteiger partial charge on any atom is -0.481 e. The molecule has 0 radical (unpaired) electrons. The molecule has 0 unspecified atom stereocenters. The number of fused-ring (bicyclic) bond motifs is 1. The van der Waals surface area contributed by atoms with E-state index in [-0.39, 0.29) is 6.42 Å². The number of carbonyl (C=O) groups is 1. The quantitative estimate of drug-likeness (QED) is 0.766. The molecule has 3 nitrogen and oxygen atoms in total. The van der Waals surface area contributed by atoms with Crippen LogP contribution in [0.4, 0.5) is 5.69 Å². The zero-order valence-electron chi connectivity index (χ0n) is 9.33. The lowest BCUT2D eigenvalue weighted by Gasteiger charge is -2.21. The fourth-order valence-electron chi connectivity index (χ4n) is 2.45. The number of rotatable bonds is 3. The summed E-state index contributed by atoms with van der Waals surface area (Å²) in [7, 11) is 0. The number of carboxylic acids is 1. The zero-order valence-corrected chi connectivity index (χ0v) is 9.33. The summed E-state index contributed by atoms with van der Waals surface area (Å²) in [6.45, 7) is 0. The molecule has 0 atom stereocenters. The average Bonchev–Trinajstić information content (AvgIpc) is 2.28. The van der Waals surface area contributed by atoms with Gasteiger partial charge < -0.3 is 10.8 Å². The topological polar surface area (TPSA) is 63.3 Å². The second-order valence-electron chi connectivity index (χ2n) is 4.37. The lowest BCUT2D eigenvalue weighted by Crippen LogP contribution is -2.10. The average molecular weight is 219 g/mol. The maximum atomic E-state index is 10.6. The first-order valence-electron chi connectivity index (χ1n) is 5.79. The highest BCUT2D eigenvalue weighted by Crippen LogP contribution is 2.29. The van der Waals surface area contributed by atoms with Crippen LogP contribution in [0.1, 0.15) is 36.0 Å². The lowest BCUT2D eigenvalue weighted by atomic mass is 9.86. The number of benzene rings is 1. The summed E-state index contributed by atoms with van der Waals surface area (Å²) in [4.78, 5) is 10.6. The number of anilines is 1. The first-order chi connectivity index (χ1) is 7.68. The van der Waals surface area contributed by atoms with Crippen molar-refractivity contribution in [1.29, 1.82) is 0 Å². The van der Waals surface area contributed by atoms with Crippen molar-refractivity contribution < 1.29 is 9.90 Å². The smallest absolute Gasteiger partial charge is 0.303 e. The first kappa shape index (κ1) is 11.0. The van der Waals surface area contributed by atoms with Crippen molar-refractivity contribution in [2.45, 2.75) is 38.5 Å². The summed E-state index contributed by atoms with van der Waals surface area (Å²) in [5, 5.41) is 8.71. The number of aryl methyl sites for hydroxylation is 1. The molecular formula is C13H17NO2. The summed E-state index contributed by atoms with van der Waals surface area (Å²) in [5.74, 6) is -0.735. The van der Waals surface area contributed by atoms with E-state index >= 15 is 0 Å². The molecule has 0 saturated heterocycles. The van der Waals surface area contributed by atoms with Crippen LogP contribution < -0.4 is 5.73 Å². The fourth-order valence-corrected chi connectivity index (χ4v) is 2.45. The van der Waals surface area contributed by atoms with E-state index in [9.17, 15) is 4.79 Å². The second kappa shape index (κ2) is 4.56. The molecule has 86 valence electrons. The molecule has 1 aliphatic rings. The number of hydrogen-bond donors (Lipinski definition) is 2. The molecular weight excluding hydrogens is 202 g/mol. The van der Waals surface area contributed by atoms with Crippen LogP contribution in [0.5, 0.6) is 0 Å². The van der Waals surface area contributed by atoms with Crippen LogP contribution in [0.15, 0.2) is 12.1 Å². The highest BCUT2D eigenvalue weighted by atomic mass is 16.4. The summed E-state index contributed by atoms with van der Waals surface area (Å²) >= 11 is 0. The van der Waals surface area contributed by atoms with Gasteiger partial charge in [-0.15, -0.1) is 0 Å².